The number of hydrogen-bond donors (Lipinski definition) is 2. The molecule has 1 aliphatic rings. The van der Waals surface area contributed by atoms with Gasteiger partial charge in [0.1, 0.15) is 0 Å². The number of benzene rings is 1. The van der Waals surface area contributed by atoms with E-state index in [0.717, 1.165) is 24.0 Å². The summed E-state index contributed by atoms with van der Waals surface area (Å²) >= 11 is 0. The van der Waals surface area contributed by atoms with Gasteiger partial charge in [-0.25, -0.2) is 8.42 Å². The molecule has 0 atom stereocenters. The lowest BCUT2D eigenvalue weighted by Gasteiger charge is -2.08. The summed E-state index contributed by atoms with van der Waals surface area (Å²) in [5.74, 6) is 5.80. The molecule has 0 spiro atoms. The first-order valence-corrected chi connectivity index (χ1v) is 7.79. The van der Waals surface area contributed by atoms with Crippen LogP contribution in [0, 0.1) is 18.8 Å². The first kappa shape index (κ1) is 13.9. The van der Waals surface area contributed by atoms with E-state index >= 15 is 0 Å². The Morgan fingerprint density at radius 1 is 1.42 bits per heavy atom. The van der Waals surface area contributed by atoms with Crippen molar-refractivity contribution < 1.29 is 13.5 Å². The van der Waals surface area contributed by atoms with Crippen molar-refractivity contribution in [2.45, 2.75) is 31.4 Å². The number of sulfonamides is 1. The standard InChI is InChI=1S/C14H17NO3S/c1-11-10-13(15-19(17,18)14-7-8-14)6-5-12(11)4-2-3-9-16/h5-6,10,14-16H,3,7-9H2,1H3. The molecule has 0 bridgehead atoms. The van der Waals surface area contributed by atoms with E-state index in [4.69, 9.17) is 5.11 Å². The van der Waals surface area contributed by atoms with Crippen LogP contribution < -0.4 is 4.72 Å². The number of nitrogens with one attached hydrogen (secondary N) is 1. The van der Waals surface area contributed by atoms with Crippen molar-refractivity contribution in [2.75, 3.05) is 11.3 Å². The van der Waals surface area contributed by atoms with Gasteiger partial charge in [0.25, 0.3) is 0 Å². The van der Waals surface area contributed by atoms with E-state index in [1.165, 1.54) is 0 Å². The highest BCUT2D eigenvalue weighted by Gasteiger charge is 2.35. The molecular formula is C14H17NO3S. The molecule has 0 saturated heterocycles. The van der Waals surface area contributed by atoms with E-state index in [-0.39, 0.29) is 11.9 Å². The fourth-order valence-corrected chi connectivity index (χ4v) is 3.09. The lowest BCUT2D eigenvalue weighted by atomic mass is 10.1. The molecule has 5 heteroatoms. The normalized spacial score (nSPS) is 14.6. The third-order valence-corrected chi connectivity index (χ3v) is 4.78. The van der Waals surface area contributed by atoms with Crippen LogP contribution >= 0.6 is 0 Å². The van der Waals surface area contributed by atoms with Gasteiger partial charge in [-0.2, -0.15) is 0 Å². The summed E-state index contributed by atoms with van der Waals surface area (Å²) in [5.41, 5.74) is 2.35. The quantitative estimate of drug-likeness (QED) is 0.823. The summed E-state index contributed by atoms with van der Waals surface area (Å²) in [5, 5.41) is 8.44. The van der Waals surface area contributed by atoms with Gasteiger partial charge in [0.05, 0.1) is 11.9 Å². The average molecular weight is 279 g/mol. The molecule has 0 heterocycles. The maximum atomic E-state index is 11.8. The molecule has 19 heavy (non-hydrogen) atoms. The molecule has 2 rings (SSSR count). The molecule has 2 N–H and O–H groups in total. The van der Waals surface area contributed by atoms with E-state index in [1.54, 1.807) is 18.2 Å². The Kier molecular flexibility index (Phi) is 4.13. The molecular weight excluding hydrogens is 262 g/mol. The molecule has 0 radical (unpaired) electrons. The molecule has 4 nitrogen and oxygen atoms in total. The molecule has 0 aromatic heterocycles. The Hall–Kier alpha value is -1.51. The van der Waals surface area contributed by atoms with E-state index in [1.807, 2.05) is 6.92 Å². The Labute approximate surface area is 113 Å². The first-order chi connectivity index (χ1) is 9.03. The van der Waals surface area contributed by atoms with E-state index in [0.29, 0.717) is 12.1 Å². The van der Waals surface area contributed by atoms with E-state index in [9.17, 15) is 8.42 Å². The second kappa shape index (κ2) is 5.64. The molecule has 1 aromatic rings. The van der Waals surface area contributed by atoms with Gasteiger partial charge in [0.2, 0.25) is 10.0 Å². The topological polar surface area (TPSA) is 66.4 Å². The highest BCUT2D eigenvalue weighted by molar-refractivity contribution is 7.93. The number of hydrogen-bond acceptors (Lipinski definition) is 3. The SMILES string of the molecule is Cc1cc(NS(=O)(=O)C2CC2)ccc1C#CCCO. The fraction of sp³-hybridized carbons (Fsp3) is 0.429. The largest absolute Gasteiger partial charge is 0.395 e. The van der Waals surface area contributed by atoms with Gasteiger partial charge in [-0.1, -0.05) is 11.8 Å². The zero-order valence-electron chi connectivity index (χ0n) is 10.8. The summed E-state index contributed by atoms with van der Waals surface area (Å²) in [6, 6.07) is 5.29. The highest BCUT2D eigenvalue weighted by atomic mass is 32.2. The first-order valence-electron chi connectivity index (χ1n) is 6.25. The summed E-state index contributed by atoms with van der Waals surface area (Å²) in [4.78, 5) is 0. The molecule has 1 aliphatic carbocycles. The van der Waals surface area contributed by atoms with Gasteiger partial charge in [0, 0.05) is 17.7 Å². The summed E-state index contributed by atoms with van der Waals surface area (Å²) in [7, 11) is -3.21. The van der Waals surface area contributed by atoms with Crippen molar-refractivity contribution in [3.05, 3.63) is 29.3 Å². The molecule has 1 aromatic carbocycles. The Bertz CT molecular complexity index is 622. The van der Waals surface area contributed by atoms with Crippen LogP contribution in [0.25, 0.3) is 0 Å². The molecule has 1 fully saturated rings. The van der Waals surface area contributed by atoms with Gasteiger partial charge in [-0.15, -0.1) is 0 Å². The number of aliphatic hydroxyl groups excluding tert-OH is 1. The van der Waals surface area contributed by atoms with Gasteiger partial charge >= 0.3 is 0 Å². The Balaban J connectivity index is 2.13. The van der Waals surface area contributed by atoms with Crippen LogP contribution in [0.3, 0.4) is 0 Å². The number of rotatable bonds is 4. The van der Waals surface area contributed by atoms with Crippen molar-refractivity contribution in [3.8, 4) is 11.8 Å². The molecule has 0 aliphatic heterocycles. The van der Waals surface area contributed by atoms with Crippen molar-refractivity contribution in [2.24, 2.45) is 0 Å². The van der Waals surface area contributed by atoms with Crippen molar-refractivity contribution in [3.63, 3.8) is 0 Å². The third kappa shape index (κ3) is 3.72. The van der Waals surface area contributed by atoms with Gasteiger partial charge < -0.3 is 5.11 Å². The molecule has 102 valence electrons. The maximum Gasteiger partial charge on any atom is 0.235 e. The van der Waals surface area contributed by atoms with Gasteiger partial charge in [0.15, 0.2) is 0 Å². The van der Waals surface area contributed by atoms with Gasteiger partial charge in [-0.05, 0) is 43.5 Å². The summed E-state index contributed by atoms with van der Waals surface area (Å²) in [6.07, 6.45) is 1.94. The minimum Gasteiger partial charge on any atom is -0.395 e. The van der Waals surface area contributed by atoms with Crippen LogP contribution in [0.2, 0.25) is 0 Å². The summed E-state index contributed by atoms with van der Waals surface area (Å²) < 4.78 is 26.2. The van der Waals surface area contributed by atoms with Gasteiger partial charge in [-0.3, -0.25) is 4.72 Å². The van der Waals surface area contributed by atoms with Crippen LogP contribution in [-0.4, -0.2) is 25.4 Å². The smallest absolute Gasteiger partial charge is 0.235 e. The monoisotopic (exact) mass is 279 g/mol. The lowest BCUT2D eigenvalue weighted by Crippen LogP contribution is -2.17. The van der Waals surface area contributed by atoms with E-state index < -0.39 is 10.0 Å². The zero-order valence-corrected chi connectivity index (χ0v) is 11.6. The van der Waals surface area contributed by atoms with Crippen molar-refractivity contribution in [1.29, 1.82) is 0 Å². The third-order valence-electron chi connectivity index (χ3n) is 2.91. The molecule has 0 unspecified atom stereocenters. The highest BCUT2D eigenvalue weighted by Crippen LogP contribution is 2.30. The Morgan fingerprint density at radius 3 is 2.74 bits per heavy atom. The predicted molar refractivity (Wildman–Crippen MR) is 75.3 cm³/mol. The molecule has 0 amide bonds. The average Bonchev–Trinajstić information content (AvgIpc) is 3.16. The second-order valence-electron chi connectivity index (χ2n) is 4.65. The van der Waals surface area contributed by atoms with Crippen LogP contribution in [0.5, 0.6) is 0 Å². The minimum absolute atomic E-state index is 0.0469. The van der Waals surface area contributed by atoms with Crippen LogP contribution in [0.1, 0.15) is 30.4 Å². The van der Waals surface area contributed by atoms with E-state index in [2.05, 4.69) is 16.6 Å². The summed E-state index contributed by atoms with van der Waals surface area (Å²) in [6.45, 7) is 1.93. The Morgan fingerprint density at radius 2 is 2.16 bits per heavy atom. The van der Waals surface area contributed by atoms with Crippen LogP contribution in [0.15, 0.2) is 18.2 Å². The number of anilines is 1. The number of aliphatic hydroxyl groups is 1. The predicted octanol–water partition coefficient (Wildman–Crippen LogP) is 1.63. The van der Waals surface area contributed by atoms with Crippen LogP contribution in [0.4, 0.5) is 5.69 Å². The zero-order chi connectivity index (χ0) is 13.9. The second-order valence-corrected chi connectivity index (χ2v) is 6.61. The lowest BCUT2D eigenvalue weighted by molar-refractivity contribution is 0.305. The minimum atomic E-state index is -3.21. The van der Waals surface area contributed by atoms with Crippen molar-refractivity contribution in [1.82, 2.24) is 0 Å². The van der Waals surface area contributed by atoms with Crippen molar-refractivity contribution >= 4 is 15.7 Å². The fourth-order valence-electron chi connectivity index (χ4n) is 1.71. The number of aryl methyl sites for hydroxylation is 1. The maximum absolute atomic E-state index is 11.8. The van der Waals surface area contributed by atoms with Crippen LogP contribution in [-0.2, 0) is 10.0 Å². The molecule has 1 saturated carbocycles.